The Morgan fingerprint density at radius 2 is 2.20 bits per heavy atom. The maximum Gasteiger partial charge on any atom is 0.163 e. The lowest BCUT2D eigenvalue weighted by molar-refractivity contribution is -0.138. The summed E-state index contributed by atoms with van der Waals surface area (Å²) < 4.78 is 22.8. The molecule has 1 aliphatic rings. The van der Waals surface area contributed by atoms with Gasteiger partial charge in [-0.25, -0.2) is 0 Å². The molecule has 1 unspecified atom stereocenters. The molecule has 0 saturated carbocycles. The number of rotatable bonds is 3. The highest BCUT2D eigenvalue weighted by atomic mass is 31.2. The van der Waals surface area contributed by atoms with Crippen molar-refractivity contribution in [2.24, 2.45) is 5.11 Å². The van der Waals surface area contributed by atoms with Gasteiger partial charge in [0.2, 0.25) is 0 Å². The van der Waals surface area contributed by atoms with Gasteiger partial charge in [0.25, 0.3) is 0 Å². The maximum absolute atomic E-state index is 11.9. The van der Waals surface area contributed by atoms with Crippen LogP contribution in [-0.4, -0.2) is 37.6 Å². The Balaban J connectivity index is 2.84. The van der Waals surface area contributed by atoms with Crippen LogP contribution in [0.5, 0.6) is 0 Å². The summed E-state index contributed by atoms with van der Waals surface area (Å²) >= 11 is 0. The highest BCUT2D eigenvalue weighted by Gasteiger charge is 2.41. The van der Waals surface area contributed by atoms with Crippen molar-refractivity contribution in [1.29, 1.82) is 0 Å². The number of hydrogen-bond donors (Lipinski definition) is 0. The first kappa shape index (κ1) is 12.5. The molecule has 15 heavy (non-hydrogen) atoms. The molecule has 0 bridgehead atoms. The topological polar surface area (TPSA) is 84.3 Å². The van der Waals surface area contributed by atoms with E-state index in [1.54, 1.807) is 27.2 Å². The molecule has 1 saturated heterocycles. The van der Waals surface area contributed by atoms with Gasteiger partial charge in [-0.1, -0.05) is 5.11 Å². The lowest BCUT2D eigenvalue weighted by Crippen LogP contribution is -2.29. The molecule has 1 aliphatic heterocycles. The number of hydrogen-bond acceptors (Lipinski definition) is 4. The summed E-state index contributed by atoms with van der Waals surface area (Å²) in [5.74, 6) is -1.34. The van der Waals surface area contributed by atoms with Crippen molar-refractivity contribution in [2.75, 3.05) is 19.9 Å². The lowest BCUT2D eigenvalue weighted by Gasteiger charge is -2.23. The zero-order valence-corrected chi connectivity index (χ0v) is 10.3. The Bertz CT molecular complexity index is 332. The fraction of sp³-hybridized carbons (Fsp3) is 1.00. The van der Waals surface area contributed by atoms with Crippen molar-refractivity contribution < 1.29 is 14.0 Å². The monoisotopic (exact) mass is 233 g/mol. The first-order valence-corrected chi connectivity index (χ1v) is 7.34. The van der Waals surface area contributed by atoms with Crippen LogP contribution in [0.1, 0.15) is 13.8 Å². The van der Waals surface area contributed by atoms with Crippen LogP contribution in [0.25, 0.3) is 10.4 Å². The number of ether oxygens (including phenoxy) is 2. The second-order valence-electron chi connectivity index (χ2n) is 4.42. The van der Waals surface area contributed by atoms with Gasteiger partial charge in [0.1, 0.15) is 5.78 Å². The molecular weight excluding hydrogens is 217 g/mol. The van der Waals surface area contributed by atoms with Crippen LogP contribution in [-0.2, 0) is 14.0 Å². The zero-order chi connectivity index (χ0) is 11.7. The van der Waals surface area contributed by atoms with E-state index in [0.29, 0.717) is 6.61 Å². The fourth-order valence-electron chi connectivity index (χ4n) is 1.51. The van der Waals surface area contributed by atoms with E-state index in [9.17, 15) is 4.57 Å². The van der Waals surface area contributed by atoms with Crippen molar-refractivity contribution >= 4 is 7.14 Å². The first-order chi connectivity index (χ1) is 6.76. The molecule has 1 heterocycles. The normalized spacial score (nSPS) is 27.1. The summed E-state index contributed by atoms with van der Waals surface area (Å²) in [6.07, 6.45) is -0.420. The van der Waals surface area contributed by atoms with Crippen LogP contribution < -0.4 is 0 Å². The molecule has 0 spiro atoms. The third kappa shape index (κ3) is 3.21. The van der Waals surface area contributed by atoms with Gasteiger partial charge in [0, 0.05) is 4.91 Å². The summed E-state index contributed by atoms with van der Waals surface area (Å²) in [5.41, 5.74) is 8.43. The van der Waals surface area contributed by atoms with E-state index in [1.807, 2.05) is 0 Å². The van der Waals surface area contributed by atoms with Gasteiger partial charge >= 0.3 is 0 Å². The molecule has 0 amide bonds. The number of nitrogens with zero attached hydrogens (tertiary/aromatic N) is 3. The van der Waals surface area contributed by atoms with Gasteiger partial charge in [-0.05, 0) is 32.7 Å². The molecule has 0 radical (unpaired) electrons. The van der Waals surface area contributed by atoms with Crippen LogP contribution >= 0.6 is 7.14 Å². The largest absolute Gasteiger partial charge is 0.348 e. The number of azide groups is 1. The molecule has 7 heteroatoms. The molecular formula is C8H16N3O3P. The van der Waals surface area contributed by atoms with E-state index in [-0.39, 0.29) is 0 Å². The van der Waals surface area contributed by atoms with Gasteiger partial charge < -0.3 is 14.0 Å². The molecule has 2 atom stereocenters. The molecule has 1 fully saturated rings. The summed E-state index contributed by atoms with van der Waals surface area (Å²) in [6, 6.07) is 0. The smallest absolute Gasteiger partial charge is 0.163 e. The fourth-order valence-corrected chi connectivity index (χ4v) is 2.76. The molecule has 1 rings (SSSR count). The maximum atomic E-state index is 11.9. The zero-order valence-electron chi connectivity index (χ0n) is 9.38. The minimum absolute atomic E-state index is 0.308. The molecule has 0 aromatic heterocycles. The van der Waals surface area contributed by atoms with E-state index in [0.717, 1.165) is 0 Å². The van der Waals surface area contributed by atoms with Crippen molar-refractivity contribution in [2.45, 2.75) is 31.5 Å². The molecule has 0 aliphatic carbocycles. The second kappa shape index (κ2) is 4.14. The van der Waals surface area contributed by atoms with Gasteiger partial charge in [0.15, 0.2) is 5.79 Å². The Morgan fingerprint density at radius 1 is 1.60 bits per heavy atom. The third-order valence-electron chi connectivity index (χ3n) is 2.17. The van der Waals surface area contributed by atoms with Gasteiger partial charge in [0.05, 0.1) is 19.9 Å². The van der Waals surface area contributed by atoms with E-state index in [4.69, 9.17) is 15.0 Å². The minimum atomic E-state index is -2.52. The van der Waals surface area contributed by atoms with Crippen molar-refractivity contribution in [3.8, 4) is 0 Å². The molecule has 0 aromatic rings. The quantitative estimate of drug-likeness (QED) is 0.324. The van der Waals surface area contributed by atoms with Crippen LogP contribution in [0.4, 0.5) is 0 Å². The summed E-state index contributed by atoms with van der Waals surface area (Å²) in [7, 11) is -2.52. The second-order valence-corrected chi connectivity index (χ2v) is 7.82. The molecule has 86 valence electrons. The summed E-state index contributed by atoms with van der Waals surface area (Å²) in [6.45, 7) is 7.03. The van der Waals surface area contributed by atoms with Crippen LogP contribution in [0.2, 0.25) is 0 Å². The molecule has 0 aromatic carbocycles. The average Bonchev–Trinajstić information content (AvgIpc) is 2.39. The van der Waals surface area contributed by atoms with E-state index < -0.39 is 24.8 Å². The average molecular weight is 233 g/mol. The van der Waals surface area contributed by atoms with Gasteiger partial charge in [-0.2, -0.15) is 0 Å². The predicted octanol–water partition coefficient (Wildman–Crippen LogP) is 2.40. The Labute approximate surface area is 88.9 Å². The Hall–Kier alpha value is -0.540. The van der Waals surface area contributed by atoms with Crippen LogP contribution in [0.3, 0.4) is 0 Å². The molecule has 6 nitrogen and oxygen atoms in total. The minimum Gasteiger partial charge on any atom is -0.348 e. The third-order valence-corrected chi connectivity index (χ3v) is 3.88. The van der Waals surface area contributed by atoms with E-state index in [1.165, 1.54) is 0 Å². The SMILES string of the molecule is CC1(C)OCC([C@@H](N=[N+]=[N-])P(C)(C)=O)O1. The summed E-state index contributed by atoms with van der Waals surface area (Å²) in [4.78, 5) is 2.71. The Kier molecular flexibility index (Phi) is 3.46. The van der Waals surface area contributed by atoms with E-state index >= 15 is 0 Å². The van der Waals surface area contributed by atoms with Crippen LogP contribution in [0, 0.1) is 0 Å². The predicted molar refractivity (Wildman–Crippen MR) is 57.3 cm³/mol. The van der Waals surface area contributed by atoms with Gasteiger partial charge in [-0.15, -0.1) is 0 Å². The lowest BCUT2D eigenvalue weighted by atomic mass is 10.4. The highest BCUT2D eigenvalue weighted by molar-refractivity contribution is 7.63. The van der Waals surface area contributed by atoms with E-state index in [2.05, 4.69) is 10.0 Å². The summed E-state index contributed by atoms with van der Waals surface area (Å²) in [5, 5.41) is 3.56. The van der Waals surface area contributed by atoms with Crippen molar-refractivity contribution in [3.05, 3.63) is 10.4 Å². The van der Waals surface area contributed by atoms with Gasteiger partial charge in [-0.3, -0.25) is 0 Å². The Morgan fingerprint density at radius 3 is 2.53 bits per heavy atom. The standard InChI is InChI=1S/C8H16N3O3P/c1-8(2)13-5-6(14-8)7(10-11-9)15(3,4)12/h6-7H,5H2,1-4H3/t6?,7-/m0/s1. The van der Waals surface area contributed by atoms with Crippen LogP contribution in [0.15, 0.2) is 5.11 Å². The molecule has 0 N–H and O–H groups in total. The van der Waals surface area contributed by atoms with Crippen molar-refractivity contribution in [1.82, 2.24) is 0 Å². The first-order valence-electron chi connectivity index (χ1n) is 4.67. The highest BCUT2D eigenvalue weighted by Crippen LogP contribution is 2.47. The van der Waals surface area contributed by atoms with Crippen molar-refractivity contribution in [3.63, 3.8) is 0 Å².